The Morgan fingerprint density at radius 3 is 2.38 bits per heavy atom. The van der Waals surface area contributed by atoms with Crippen molar-refractivity contribution < 1.29 is 37.7 Å². The minimum absolute atomic E-state index is 0.236. The van der Waals surface area contributed by atoms with E-state index in [0.29, 0.717) is 18.7 Å². The first-order chi connectivity index (χ1) is 11.1. The highest BCUT2D eigenvalue weighted by molar-refractivity contribution is 6.02. The van der Waals surface area contributed by atoms with Crippen LogP contribution in [0, 0.1) is 6.92 Å². The van der Waals surface area contributed by atoms with E-state index in [1.165, 1.54) is 0 Å². The van der Waals surface area contributed by atoms with Gasteiger partial charge in [-0.1, -0.05) is 0 Å². The zero-order valence-corrected chi connectivity index (χ0v) is 12.8. The van der Waals surface area contributed by atoms with Crippen molar-refractivity contribution in [1.29, 1.82) is 0 Å². The highest BCUT2D eigenvalue weighted by atomic mass is 19.4. The van der Waals surface area contributed by atoms with Crippen LogP contribution in [-0.2, 0) is 16.1 Å². The molecule has 0 atom stereocenters. The number of nitrogens with zero attached hydrogens (tertiary/aromatic N) is 2. The fourth-order valence-corrected chi connectivity index (χ4v) is 1.91. The van der Waals surface area contributed by atoms with Crippen LogP contribution in [0.1, 0.15) is 15.9 Å². The van der Waals surface area contributed by atoms with Crippen molar-refractivity contribution in [2.45, 2.75) is 19.6 Å². The molecule has 0 unspecified atom stereocenters. The van der Waals surface area contributed by atoms with Gasteiger partial charge in [0, 0.05) is 26.0 Å². The number of carboxylic acids is 2. The summed E-state index contributed by atoms with van der Waals surface area (Å²) in [6.45, 7) is 3.10. The predicted molar refractivity (Wildman–Crippen MR) is 77.0 cm³/mol. The number of alkyl halides is 3. The van der Waals surface area contributed by atoms with Gasteiger partial charge in [-0.05, 0) is 18.6 Å². The number of pyridine rings is 1. The number of hydrogen-bond donors (Lipinski definition) is 2. The van der Waals surface area contributed by atoms with Crippen molar-refractivity contribution in [2.24, 2.45) is 0 Å². The van der Waals surface area contributed by atoms with E-state index in [1.54, 1.807) is 19.5 Å². The van der Waals surface area contributed by atoms with E-state index in [4.69, 9.17) is 19.7 Å². The number of aromatic nitrogens is 2. The van der Waals surface area contributed by atoms with Gasteiger partial charge in [0.15, 0.2) is 0 Å². The zero-order chi connectivity index (χ0) is 18.5. The van der Waals surface area contributed by atoms with Gasteiger partial charge in [0.05, 0.1) is 12.1 Å². The van der Waals surface area contributed by atoms with Crippen LogP contribution in [0.3, 0.4) is 0 Å². The van der Waals surface area contributed by atoms with Gasteiger partial charge in [-0.3, -0.25) is 4.98 Å². The molecule has 0 radical (unpaired) electrons. The molecule has 24 heavy (non-hydrogen) atoms. The lowest BCUT2D eigenvalue weighted by Crippen LogP contribution is -2.21. The van der Waals surface area contributed by atoms with Gasteiger partial charge in [-0.15, -0.1) is 0 Å². The summed E-state index contributed by atoms with van der Waals surface area (Å²) in [6, 6.07) is 1.87. The number of hydrogen-bond acceptors (Lipinski definition) is 4. The molecule has 0 amide bonds. The van der Waals surface area contributed by atoms with E-state index < -0.39 is 18.1 Å². The van der Waals surface area contributed by atoms with Gasteiger partial charge in [0.1, 0.15) is 11.1 Å². The van der Waals surface area contributed by atoms with Gasteiger partial charge in [-0.25, -0.2) is 9.59 Å². The summed E-state index contributed by atoms with van der Waals surface area (Å²) in [5, 5.41) is 16.3. The number of aliphatic carboxylic acids is 1. The number of ether oxygens (including phenoxy) is 1. The van der Waals surface area contributed by atoms with Crippen LogP contribution in [0.25, 0.3) is 11.0 Å². The Balaban J connectivity index is 0.000000351. The highest BCUT2D eigenvalue weighted by Gasteiger charge is 2.38. The van der Waals surface area contributed by atoms with Crippen LogP contribution < -0.4 is 0 Å². The molecule has 132 valence electrons. The van der Waals surface area contributed by atoms with Gasteiger partial charge in [-0.2, -0.15) is 13.2 Å². The van der Waals surface area contributed by atoms with E-state index in [2.05, 4.69) is 4.98 Å². The molecule has 0 spiro atoms. The number of methoxy groups -OCH3 is 1. The Kier molecular flexibility index (Phi) is 6.29. The van der Waals surface area contributed by atoms with Gasteiger partial charge in [0.25, 0.3) is 0 Å². The fraction of sp³-hybridized carbons (Fsp3) is 0.357. The van der Waals surface area contributed by atoms with E-state index >= 15 is 0 Å². The van der Waals surface area contributed by atoms with Crippen LogP contribution in [0.15, 0.2) is 18.5 Å². The lowest BCUT2D eigenvalue weighted by molar-refractivity contribution is -0.192. The summed E-state index contributed by atoms with van der Waals surface area (Å²) in [4.78, 5) is 24.2. The maximum Gasteiger partial charge on any atom is 0.490 e. The maximum atomic E-state index is 11.1. The van der Waals surface area contributed by atoms with Crippen LogP contribution in [0.5, 0.6) is 0 Å². The summed E-state index contributed by atoms with van der Waals surface area (Å²) in [5.74, 6) is -3.71. The van der Waals surface area contributed by atoms with Crippen molar-refractivity contribution >= 4 is 23.0 Å². The molecule has 0 saturated carbocycles. The molecule has 2 aromatic heterocycles. The van der Waals surface area contributed by atoms with E-state index in [1.807, 2.05) is 17.6 Å². The third-order valence-corrected chi connectivity index (χ3v) is 2.96. The molecule has 0 fully saturated rings. The van der Waals surface area contributed by atoms with Gasteiger partial charge < -0.3 is 19.5 Å². The summed E-state index contributed by atoms with van der Waals surface area (Å²) in [6.07, 6.45) is -1.84. The lowest BCUT2D eigenvalue weighted by Gasteiger charge is -2.05. The average molecular weight is 348 g/mol. The molecule has 0 aliphatic heterocycles. The first kappa shape index (κ1) is 19.4. The summed E-state index contributed by atoms with van der Waals surface area (Å²) in [5.41, 5.74) is 2.65. The third kappa shape index (κ3) is 4.69. The number of rotatable bonds is 4. The van der Waals surface area contributed by atoms with Crippen LogP contribution >= 0.6 is 0 Å². The van der Waals surface area contributed by atoms with Gasteiger partial charge >= 0.3 is 18.1 Å². The molecule has 2 N–H and O–H groups in total. The SMILES string of the molecule is COCCn1cc(C(=O)O)c2nccc(C)c21.O=C(O)C(F)(F)F. The largest absolute Gasteiger partial charge is 0.490 e. The highest BCUT2D eigenvalue weighted by Crippen LogP contribution is 2.22. The van der Waals surface area contributed by atoms with Crippen molar-refractivity contribution in [3.63, 3.8) is 0 Å². The monoisotopic (exact) mass is 348 g/mol. The van der Waals surface area contributed by atoms with Crippen molar-refractivity contribution in [3.8, 4) is 0 Å². The predicted octanol–water partition coefficient (Wildman–Crippen LogP) is 2.32. The standard InChI is InChI=1S/C12H14N2O3.C2HF3O2/c1-8-3-4-13-10-9(12(15)16)7-14(11(8)10)5-6-17-2;3-2(4,5)1(6)7/h3-4,7H,5-6H2,1-2H3,(H,15,16);(H,6,7). The minimum atomic E-state index is -5.08. The average Bonchev–Trinajstić information content (AvgIpc) is 2.85. The lowest BCUT2D eigenvalue weighted by atomic mass is 10.2. The molecule has 2 aromatic rings. The Labute approximate surface area is 134 Å². The molecule has 2 rings (SSSR count). The molecular weight excluding hydrogens is 333 g/mol. The second-order valence-electron chi connectivity index (χ2n) is 4.66. The molecular formula is C14H15F3N2O5. The first-order valence-electron chi connectivity index (χ1n) is 6.56. The van der Waals surface area contributed by atoms with Gasteiger partial charge in [0.2, 0.25) is 0 Å². The van der Waals surface area contributed by atoms with Crippen molar-refractivity contribution in [1.82, 2.24) is 9.55 Å². The maximum absolute atomic E-state index is 11.1. The normalized spacial score (nSPS) is 11.0. The molecule has 0 saturated heterocycles. The Morgan fingerprint density at radius 2 is 1.92 bits per heavy atom. The Hall–Kier alpha value is -2.62. The second kappa shape index (κ2) is 7.77. The van der Waals surface area contributed by atoms with Crippen LogP contribution in [-0.4, -0.2) is 51.6 Å². The second-order valence-corrected chi connectivity index (χ2v) is 4.66. The molecule has 0 aliphatic rings. The molecule has 0 aromatic carbocycles. The van der Waals surface area contributed by atoms with Crippen LogP contribution in [0.2, 0.25) is 0 Å². The fourth-order valence-electron chi connectivity index (χ4n) is 1.91. The number of aromatic carboxylic acids is 1. The van der Waals surface area contributed by atoms with Crippen molar-refractivity contribution in [2.75, 3.05) is 13.7 Å². The number of aryl methyl sites for hydroxylation is 1. The molecule has 7 nitrogen and oxygen atoms in total. The summed E-state index contributed by atoms with van der Waals surface area (Å²) >= 11 is 0. The Morgan fingerprint density at radius 1 is 1.33 bits per heavy atom. The van der Waals surface area contributed by atoms with E-state index in [0.717, 1.165) is 11.1 Å². The zero-order valence-electron chi connectivity index (χ0n) is 12.8. The number of fused-ring (bicyclic) bond motifs is 1. The number of carboxylic acid groups (broad SMARTS) is 2. The minimum Gasteiger partial charge on any atom is -0.478 e. The quantitative estimate of drug-likeness (QED) is 0.879. The molecule has 2 heterocycles. The topological polar surface area (TPSA) is 102 Å². The Bertz CT molecular complexity index is 740. The van der Waals surface area contributed by atoms with Crippen LogP contribution in [0.4, 0.5) is 13.2 Å². The summed E-state index contributed by atoms with van der Waals surface area (Å²) < 4.78 is 38.6. The molecule has 0 aliphatic carbocycles. The number of carbonyl (C=O) groups is 2. The van der Waals surface area contributed by atoms with E-state index in [-0.39, 0.29) is 5.56 Å². The smallest absolute Gasteiger partial charge is 0.478 e. The third-order valence-electron chi connectivity index (χ3n) is 2.96. The number of halogens is 3. The molecule has 0 bridgehead atoms. The first-order valence-corrected chi connectivity index (χ1v) is 6.56. The summed E-state index contributed by atoms with van der Waals surface area (Å²) in [7, 11) is 1.62. The molecule has 10 heteroatoms. The van der Waals surface area contributed by atoms with Crippen molar-refractivity contribution in [3.05, 3.63) is 29.6 Å². The van der Waals surface area contributed by atoms with E-state index in [9.17, 15) is 18.0 Å².